The number of β-lactam (4-membered cyclic amide) rings is 1. The number of carbonyl (C=O) groups excluding carboxylic acids is 2. The van der Waals surface area contributed by atoms with Crippen LogP contribution in [0.15, 0.2) is 11.6 Å². The average molecular weight is 251 g/mol. The van der Waals surface area contributed by atoms with Crippen LogP contribution in [0.25, 0.3) is 0 Å². The summed E-state index contributed by atoms with van der Waals surface area (Å²) in [5.41, 5.74) is 0.704. The van der Waals surface area contributed by atoms with E-state index >= 15 is 0 Å². The predicted octanol–water partition coefficient (Wildman–Crippen LogP) is 2.35. The normalized spacial score (nSPS) is 28.6. The van der Waals surface area contributed by atoms with Gasteiger partial charge in [-0.1, -0.05) is 39.9 Å². The largest absolute Gasteiger partial charge is 0.365 e. The first-order chi connectivity index (χ1) is 7.71. The van der Waals surface area contributed by atoms with E-state index < -0.39 is 8.24 Å². The first-order valence-corrected chi connectivity index (χ1v) is 9.15. The quantitative estimate of drug-likeness (QED) is 0.429. The highest BCUT2D eigenvalue weighted by Crippen LogP contribution is 2.49. The van der Waals surface area contributed by atoms with Crippen molar-refractivity contribution < 1.29 is 9.59 Å². The van der Waals surface area contributed by atoms with Crippen LogP contribution >= 0.6 is 0 Å². The van der Waals surface area contributed by atoms with E-state index in [2.05, 4.69) is 38.4 Å². The molecule has 0 N–H and O–H groups in total. The molecule has 0 aromatic carbocycles. The average Bonchev–Trinajstić information content (AvgIpc) is 2.53. The van der Waals surface area contributed by atoms with Gasteiger partial charge in [0.05, 0.1) is 5.92 Å². The molecule has 0 aromatic rings. The molecule has 2 atom stereocenters. The van der Waals surface area contributed by atoms with Crippen molar-refractivity contribution in [1.82, 2.24) is 4.57 Å². The molecule has 94 valence electrons. The zero-order chi connectivity index (χ0) is 13.0. The number of aldehydes is 1. The molecule has 1 amide bonds. The third kappa shape index (κ3) is 1.53. The van der Waals surface area contributed by atoms with Crippen molar-refractivity contribution in [1.29, 1.82) is 0 Å². The Morgan fingerprint density at radius 3 is 2.47 bits per heavy atom. The number of amides is 1. The van der Waals surface area contributed by atoms with Crippen molar-refractivity contribution in [3.63, 3.8) is 0 Å². The Bertz CT molecular complexity index is 406. The fourth-order valence-electron chi connectivity index (χ4n) is 2.71. The van der Waals surface area contributed by atoms with Crippen LogP contribution in [-0.4, -0.2) is 31.0 Å². The van der Waals surface area contributed by atoms with Gasteiger partial charge in [0.2, 0.25) is 5.91 Å². The molecule has 17 heavy (non-hydrogen) atoms. The Kier molecular flexibility index (Phi) is 2.62. The van der Waals surface area contributed by atoms with E-state index in [9.17, 15) is 9.59 Å². The Morgan fingerprint density at radius 1 is 1.41 bits per heavy atom. The van der Waals surface area contributed by atoms with Crippen molar-refractivity contribution in [2.75, 3.05) is 0 Å². The minimum Gasteiger partial charge on any atom is -0.365 e. The third-order valence-corrected chi connectivity index (χ3v) is 10.2. The molecule has 4 heteroatoms. The zero-order valence-electron chi connectivity index (χ0n) is 11.3. The molecule has 0 spiro atoms. The van der Waals surface area contributed by atoms with Crippen molar-refractivity contribution in [2.45, 2.75) is 51.4 Å². The van der Waals surface area contributed by atoms with Crippen LogP contribution in [-0.2, 0) is 9.59 Å². The fraction of sp³-hybridized carbons (Fsp3) is 0.692. The first-order valence-electron chi connectivity index (χ1n) is 6.20. The molecule has 2 aliphatic rings. The van der Waals surface area contributed by atoms with Gasteiger partial charge in [0.25, 0.3) is 0 Å². The summed E-state index contributed by atoms with van der Waals surface area (Å²) in [6.07, 6.45) is 3.65. The molecule has 1 aliphatic heterocycles. The van der Waals surface area contributed by atoms with Crippen LogP contribution in [0.3, 0.4) is 0 Å². The van der Waals surface area contributed by atoms with Gasteiger partial charge < -0.3 is 4.57 Å². The highest BCUT2D eigenvalue weighted by atomic mass is 28.3. The Morgan fingerprint density at radius 2 is 2.00 bits per heavy atom. The van der Waals surface area contributed by atoms with Gasteiger partial charge in [0, 0.05) is 11.6 Å². The molecule has 0 aromatic heterocycles. The summed E-state index contributed by atoms with van der Waals surface area (Å²) in [6, 6.07) is 0.267. The van der Waals surface area contributed by atoms with Crippen molar-refractivity contribution in [3.05, 3.63) is 11.6 Å². The van der Waals surface area contributed by atoms with E-state index in [0.29, 0.717) is 5.57 Å². The second-order valence-corrected chi connectivity index (χ2v) is 11.7. The molecule has 1 heterocycles. The standard InChI is InChI=1S/C13H21NO2Si/c1-13(2,3)17(4,5)14-10-7-6-9(8-15)11(10)12(14)16/h6,8,10-11H,7H2,1-5H3. The maximum Gasteiger partial charge on any atom is 0.224 e. The summed E-state index contributed by atoms with van der Waals surface area (Å²) >= 11 is 0. The second kappa shape index (κ2) is 3.54. The monoisotopic (exact) mass is 251 g/mol. The summed E-state index contributed by atoms with van der Waals surface area (Å²) in [5, 5.41) is 0.164. The lowest BCUT2D eigenvalue weighted by Gasteiger charge is -2.57. The number of carbonyl (C=O) groups is 2. The van der Waals surface area contributed by atoms with E-state index in [1.807, 2.05) is 6.08 Å². The van der Waals surface area contributed by atoms with Crippen LogP contribution in [0, 0.1) is 5.92 Å². The maximum atomic E-state index is 12.3. The summed E-state index contributed by atoms with van der Waals surface area (Å²) in [5.74, 6) is 0.0547. The molecule has 0 radical (unpaired) electrons. The van der Waals surface area contributed by atoms with Crippen LogP contribution in [0.4, 0.5) is 0 Å². The van der Waals surface area contributed by atoms with Gasteiger partial charge in [-0.3, -0.25) is 9.59 Å². The maximum absolute atomic E-state index is 12.3. The Labute approximate surface area is 104 Å². The minimum absolute atomic E-state index is 0.123. The Hall–Kier alpha value is -0.903. The molecule has 2 rings (SSSR count). The van der Waals surface area contributed by atoms with Crippen LogP contribution in [0.2, 0.25) is 18.1 Å². The summed E-state index contributed by atoms with van der Waals surface area (Å²) in [7, 11) is -1.78. The molecule has 3 nitrogen and oxygen atoms in total. The smallest absolute Gasteiger partial charge is 0.224 e. The highest BCUT2D eigenvalue weighted by Gasteiger charge is 2.59. The zero-order valence-corrected chi connectivity index (χ0v) is 12.3. The van der Waals surface area contributed by atoms with E-state index in [0.717, 1.165) is 12.7 Å². The number of nitrogens with zero attached hydrogens (tertiary/aromatic N) is 1. The molecule has 1 aliphatic carbocycles. The molecular weight excluding hydrogens is 230 g/mol. The van der Waals surface area contributed by atoms with E-state index in [1.54, 1.807) is 0 Å². The summed E-state index contributed by atoms with van der Waals surface area (Å²) in [6.45, 7) is 11.1. The van der Waals surface area contributed by atoms with Gasteiger partial charge in [0.15, 0.2) is 8.24 Å². The number of rotatable bonds is 2. The van der Waals surface area contributed by atoms with Crippen molar-refractivity contribution in [3.8, 4) is 0 Å². The highest BCUT2D eigenvalue weighted by molar-refractivity contribution is 6.80. The lowest BCUT2D eigenvalue weighted by atomic mass is 9.89. The van der Waals surface area contributed by atoms with Crippen LogP contribution in [0.1, 0.15) is 27.2 Å². The summed E-state index contributed by atoms with van der Waals surface area (Å²) < 4.78 is 2.12. The van der Waals surface area contributed by atoms with Gasteiger partial charge in [-0.05, 0) is 11.5 Å². The molecule has 0 saturated carbocycles. The van der Waals surface area contributed by atoms with Gasteiger partial charge >= 0.3 is 0 Å². The lowest BCUT2D eigenvalue weighted by molar-refractivity contribution is -0.145. The number of hydrogen-bond acceptors (Lipinski definition) is 2. The van der Waals surface area contributed by atoms with E-state index in [4.69, 9.17) is 0 Å². The Balaban J connectivity index is 2.24. The van der Waals surface area contributed by atoms with E-state index in [1.165, 1.54) is 0 Å². The van der Waals surface area contributed by atoms with Crippen LogP contribution in [0.5, 0.6) is 0 Å². The van der Waals surface area contributed by atoms with Gasteiger partial charge in [-0.25, -0.2) is 0 Å². The molecule has 2 unspecified atom stereocenters. The van der Waals surface area contributed by atoms with Gasteiger partial charge in [-0.15, -0.1) is 0 Å². The fourth-order valence-corrected chi connectivity index (χ4v) is 5.20. The van der Waals surface area contributed by atoms with E-state index in [-0.39, 0.29) is 22.9 Å². The molecular formula is C13H21NO2Si. The number of fused-ring (bicyclic) bond motifs is 1. The molecule has 0 bridgehead atoms. The minimum atomic E-state index is -1.78. The molecule has 1 saturated heterocycles. The van der Waals surface area contributed by atoms with Crippen molar-refractivity contribution >= 4 is 20.4 Å². The predicted molar refractivity (Wildman–Crippen MR) is 70.1 cm³/mol. The summed E-state index contributed by atoms with van der Waals surface area (Å²) in [4.78, 5) is 23.1. The molecule has 1 fully saturated rings. The second-order valence-electron chi connectivity index (χ2n) is 6.62. The van der Waals surface area contributed by atoms with Crippen molar-refractivity contribution in [2.24, 2.45) is 5.92 Å². The van der Waals surface area contributed by atoms with Gasteiger partial charge in [-0.2, -0.15) is 0 Å². The van der Waals surface area contributed by atoms with Crippen LogP contribution < -0.4 is 0 Å². The first kappa shape index (κ1) is 12.6. The third-order valence-electron chi connectivity index (χ3n) is 4.75. The SMILES string of the molecule is CC(C)(C)[Si](C)(C)N1C(=O)C2C(C=O)=CCC21. The topological polar surface area (TPSA) is 37.4 Å². The van der Waals surface area contributed by atoms with Gasteiger partial charge in [0.1, 0.15) is 6.29 Å². The number of hydrogen-bond donors (Lipinski definition) is 0. The lowest BCUT2D eigenvalue weighted by Crippen LogP contribution is -2.71.